The van der Waals surface area contributed by atoms with Gasteiger partial charge in [-0.1, -0.05) is 66.7 Å². The number of benzene rings is 2. The van der Waals surface area contributed by atoms with Crippen molar-refractivity contribution in [3.8, 4) is 0 Å². The lowest BCUT2D eigenvalue weighted by Gasteiger charge is -2.28. The largest absolute Gasteiger partial charge is 0.451 e. The van der Waals surface area contributed by atoms with Crippen LogP contribution in [0.25, 0.3) is 5.57 Å². The van der Waals surface area contributed by atoms with Gasteiger partial charge in [-0.05, 0) is 23.6 Å². The Morgan fingerprint density at radius 2 is 1.83 bits per heavy atom. The van der Waals surface area contributed by atoms with Crippen molar-refractivity contribution in [3.63, 3.8) is 0 Å². The van der Waals surface area contributed by atoms with Crippen LogP contribution in [0.3, 0.4) is 0 Å². The van der Waals surface area contributed by atoms with E-state index in [2.05, 4.69) is 37.8 Å². The summed E-state index contributed by atoms with van der Waals surface area (Å²) < 4.78 is 12.0. The van der Waals surface area contributed by atoms with E-state index in [1.807, 2.05) is 30.3 Å². The molecule has 0 amide bonds. The van der Waals surface area contributed by atoms with Gasteiger partial charge in [0.1, 0.15) is 6.10 Å². The van der Waals surface area contributed by atoms with Crippen molar-refractivity contribution in [2.75, 3.05) is 0 Å². The normalized spacial score (nSPS) is 28.5. The van der Waals surface area contributed by atoms with Crippen LogP contribution < -0.4 is 0 Å². The summed E-state index contributed by atoms with van der Waals surface area (Å²) >= 11 is 0. The van der Waals surface area contributed by atoms with E-state index >= 15 is 0 Å². The number of carbonyl (C=O) groups is 1. The molecule has 3 atom stereocenters. The molecule has 0 bridgehead atoms. The molecule has 2 unspecified atom stereocenters. The predicted octanol–water partition coefficient (Wildman–Crippen LogP) is 4.22. The molecule has 2 heterocycles. The fourth-order valence-corrected chi connectivity index (χ4v) is 3.72. The van der Waals surface area contributed by atoms with Gasteiger partial charge >= 0.3 is 5.97 Å². The molecule has 0 aliphatic carbocycles. The van der Waals surface area contributed by atoms with E-state index in [1.165, 1.54) is 5.56 Å². The topological polar surface area (TPSA) is 35.5 Å². The highest BCUT2D eigenvalue weighted by Crippen LogP contribution is 2.52. The minimum atomic E-state index is -0.756. The molecule has 24 heavy (non-hydrogen) atoms. The van der Waals surface area contributed by atoms with E-state index < -0.39 is 5.60 Å². The Hall–Kier alpha value is -2.39. The van der Waals surface area contributed by atoms with Crippen molar-refractivity contribution in [1.82, 2.24) is 0 Å². The van der Waals surface area contributed by atoms with Crippen LogP contribution in [0.2, 0.25) is 0 Å². The molecule has 3 heteroatoms. The molecule has 0 N–H and O–H groups in total. The quantitative estimate of drug-likeness (QED) is 0.794. The van der Waals surface area contributed by atoms with E-state index in [0.29, 0.717) is 6.42 Å². The van der Waals surface area contributed by atoms with Crippen LogP contribution in [0.5, 0.6) is 0 Å². The smallest absolute Gasteiger partial charge is 0.309 e. The van der Waals surface area contributed by atoms with Gasteiger partial charge in [-0.15, -0.1) is 0 Å². The summed E-state index contributed by atoms with van der Waals surface area (Å²) in [6.45, 7) is 6.32. The maximum Gasteiger partial charge on any atom is 0.309 e. The highest BCUT2D eigenvalue weighted by molar-refractivity contribution is 5.82. The monoisotopic (exact) mass is 320 g/mol. The lowest BCUT2D eigenvalue weighted by atomic mass is 9.82. The van der Waals surface area contributed by atoms with Crippen LogP contribution >= 0.6 is 0 Å². The zero-order chi connectivity index (χ0) is 16.7. The van der Waals surface area contributed by atoms with Gasteiger partial charge in [0.15, 0.2) is 5.60 Å². The van der Waals surface area contributed by atoms with Gasteiger partial charge in [-0.2, -0.15) is 0 Å². The average molecular weight is 320 g/mol. The third-order valence-electron chi connectivity index (χ3n) is 5.07. The standard InChI is InChI=1S/C21H20O3/c1-14-8-10-17(11-9-14)18-13-21(19(23-18)12-20(22)24-21)15(2)16-6-4-3-5-7-16/h3-11,18-19H,2,12-13H2,1H3/t18?,19?,21-/m1/s1. The van der Waals surface area contributed by atoms with Gasteiger partial charge in [-0.3, -0.25) is 4.79 Å². The summed E-state index contributed by atoms with van der Waals surface area (Å²) in [7, 11) is 0. The number of aryl methyl sites for hydroxylation is 1. The lowest BCUT2D eigenvalue weighted by Crippen LogP contribution is -2.36. The van der Waals surface area contributed by atoms with Crippen molar-refractivity contribution >= 4 is 11.5 Å². The van der Waals surface area contributed by atoms with Gasteiger partial charge < -0.3 is 9.47 Å². The van der Waals surface area contributed by atoms with Crippen molar-refractivity contribution in [2.24, 2.45) is 0 Å². The summed E-state index contributed by atoms with van der Waals surface area (Å²) in [6.07, 6.45) is 0.544. The molecule has 0 aromatic heterocycles. The number of hydrogen-bond acceptors (Lipinski definition) is 3. The second kappa shape index (κ2) is 5.60. The molecular weight excluding hydrogens is 300 g/mol. The molecular formula is C21H20O3. The van der Waals surface area contributed by atoms with Crippen molar-refractivity contribution in [1.29, 1.82) is 0 Å². The number of esters is 1. The third kappa shape index (κ3) is 2.36. The first-order valence-corrected chi connectivity index (χ1v) is 8.27. The molecule has 122 valence electrons. The number of ether oxygens (including phenoxy) is 2. The zero-order valence-corrected chi connectivity index (χ0v) is 13.7. The molecule has 2 aliphatic rings. The van der Waals surface area contributed by atoms with E-state index in [1.54, 1.807) is 0 Å². The molecule has 0 radical (unpaired) electrons. The summed E-state index contributed by atoms with van der Waals surface area (Å²) in [5.41, 5.74) is 3.39. The van der Waals surface area contributed by atoms with Crippen LogP contribution in [0.1, 0.15) is 35.6 Å². The highest BCUT2D eigenvalue weighted by atomic mass is 16.6. The van der Waals surface area contributed by atoms with Gasteiger partial charge in [0.25, 0.3) is 0 Å². The van der Waals surface area contributed by atoms with Crippen LogP contribution in [-0.2, 0) is 14.3 Å². The number of rotatable bonds is 3. The Morgan fingerprint density at radius 3 is 2.54 bits per heavy atom. The first-order valence-electron chi connectivity index (χ1n) is 8.27. The fourth-order valence-electron chi connectivity index (χ4n) is 3.72. The molecule has 2 aliphatic heterocycles. The summed E-state index contributed by atoms with van der Waals surface area (Å²) in [4.78, 5) is 11.9. The molecule has 4 rings (SSSR count). The summed E-state index contributed by atoms with van der Waals surface area (Å²) in [5.74, 6) is -0.209. The third-order valence-corrected chi connectivity index (χ3v) is 5.07. The molecule has 0 saturated carbocycles. The van der Waals surface area contributed by atoms with Crippen LogP contribution in [0, 0.1) is 6.92 Å². The van der Waals surface area contributed by atoms with E-state index in [4.69, 9.17) is 9.47 Å². The lowest BCUT2D eigenvalue weighted by molar-refractivity contribution is -0.144. The van der Waals surface area contributed by atoms with Crippen LogP contribution in [-0.4, -0.2) is 17.7 Å². The molecule has 0 spiro atoms. The van der Waals surface area contributed by atoms with Crippen molar-refractivity contribution in [3.05, 3.63) is 77.9 Å². The molecule has 2 fully saturated rings. The van der Waals surface area contributed by atoms with Crippen LogP contribution in [0.4, 0.5) is 0 Å². The van der Waals surface area contributed by atoms with E-state index in [-0.39, 0.29) is 24.6 Å². The maximum absolute atomic E-state index is 11.9. The average Bonchev–Trinajstić information content (AvgIpc) is 3.09. The minimum Gasteiger partial charge on any atom is -0.451 e. The van der Waals surface area contributed by atoms with Gasteiger partial charge in [0.2, 0.25) is 0 Å². The Labute approximate surface area is 141 Å². The second-order valence-electron chi connectivity index (χ2n) is 6.64. The minimum absolute atomic E-state index is 0.0795. The number of fused-ring (bicyclic) bond motifs is 1. The highest BCUT2D eigenvalue weighted by Gasteiger charge is 2.58. The van der Waals surface area contributed by atoms with Gasteiger partial charge in [-0.25, -0.2) is 0 Å². The van der Waals surface area contributed by atoms with Crippen molar-refractivity contribution in [2.45, 2.75) is 37.6 Å². The van der Waals surface area contributed by atoms with Gasteiger partial charge in [0.05, 0.1) is 12.5 Å². The molecule has 2 aromatic rings. The van der Waals surface area contributed by atoms with Crippen LogP contribution in [0.15, 0.2) is 61.2 Å². The van der Waals surface area contributed by atoms with Gasteiger partial charge in [0, 0.05) is 6.42 Å². The fraction of sp³-hybridized carbons (Fsp3) is 0.286. The first-order chi connectivity index (χ1) is 11.6. The number of carbonyl (C=O) groups excluding carboxylic acids is 1. The SMILES string of the molecule is C=C(c1ccccc1)[C@]12CC(c3ccc(C)cc3)OC1CC(=O)O2. The first kappa shape index (κ1) is 15.2. The number of hydrogen-bond donors (Lipinski definition) is 0. The Morgan fingerprint density at radius 1 is 1.12 bits per heavy atom. The molecule has 2 aromatic carbocycles. The summed E-state index contributed by atoms with van der Waals surface area (Å²) in [5, 5.41) is 0. The second-order valence-corrected chi connectivity index (χ2v) is 6.64. The Kier molecular flexibility index (Phi) is 3.54. The van der Waals surface area contributed by atoms with E-state index in [0.717, 1.165) is 16.7 Å². The zero-order valence-electron chi connectivity index (χ0n) is 13.7. The maximum atomic E-state index is 11.9. The Bertz CT molecular complexity index is 778. The predicted molar refractivity (Wildman–Crippen MR) is 92.3 cm³/mol. The summed E-state index contributed by atoms with van der Waals surface area (Å²) in [6, 6.07) is 18.2. The van der Waals surface area contributed by atoms with Crippen molar-refractivity contribution < 1.29 is 14.3 Å². The molecule has 2 saturated heterocycles. The van der Waals surface area contributed by atoms with E-state index in [9.17, 15) is 4.79 Å². The Balaban J connectivity index is 1.68. The molecule has 3 nitrogen and oxygen atoms in total.